The van der Waals surface area contributed by atoms with Crippen LogP contribution in [0.4, 0.5) is 0 Å². The van der Waals surface area contributed by atoms with Gasteiger partial charge < -0.3 is 10.2 Å². The third kappa shape index (κ3) is 3.08. The van der Waals surface area contributed by atoms with E-state index < -0.39 is 0 Å². The van der Waals surface area contributed by atoms with Crippen molar-refractivity contribution in [3.63, 3.8) is 0 Å². The Morgan fingerprint density at radius 3 is 2.90 bits per heavy atom. The zero-order valence-corrected chi connectivity index (χ0v) is 11.9. The van der Waals surface area contributed by atoms with Gasteiger partial charge in [-0.1, -0.05) is 17.7 Å². The van der Waals surface area contributed by atoms with Crippen molar-refractivity contribution in [1.82, 2.24) is 9.88 Å². The van der Waals surface area contributed by atoms with Gasteiger partial charge in [-0.05, 0) is 38.4 Å². The van der Waals surface area contributed by atoms with Gasteiger partial charge in [-0.25, -0.2) is 4.98 Å². The largest absolute Gasteiger partial charge is 0.444 e. The van der Waals surface area contributed by atoms with E-state index in [2.05, 4.69) is 28.9 Å². The van der Waals surface area contributed by atoms with Gasteiger partial charge in [0.2, 0.25) is 5.89 Å². The van der Waals surface area contributed by atoms with Gasteiger partial charge in [0.05, 0.1) is 5.69 Å². The van der Waals surface area contributed by atoms with E-state index in [4.69, 9.17) is 10.2 Å². The lowest BCUT2D eigenvalue weighted by molar-refractivity contribution is 0.199. The first-order chi connectivity index (χ1) is 9.70. The number of hydrogen-bond donors (Lipinski definition) is 1. The number of oxazole rings is 1. The molecule has 1 saturated heterocycles. The molecule has 2 heterocycles. The molecule has 0 amide bonds. The predicted octanol–water partition coefficient (Wildman–Crippen LogP) is 2.57. The number of rotatable bonds is 3. The predicted molar refractivity (Wildman–Crippen MR) is 79.2 cm³/mol. The van der Waals surface area contributed by atoms with Crippen LogP contribution in [0.1, 0.15) is 24.1 Å². The number of nitrogens with zero attached hydrogens (tertiary/aromatic N) is 2. The first kappa shape index (κ1) is 13.3. The first-order valence-corrected chi connectivity index (χ1v) is 7.20. The van der Waals surface area contributed by atoms with Crippen LogP contribution in [-0.2, 0) is 6.54 Å². The summed E-state index contributed by atoms with van der Waals surface area (Å²) < 4.78 is 5.59. The minimum atomic E-state index is 0.298. The van der Waals surface area contributed by atoms with Crippen LogP contribution < -0.4 is 5.73 Å². The average Bonchev–Trinajstić information content (AvgIpc) is 2.88. The van der Waals surface area contributed by atoms with E-state index in [0.717, 1.165) is 37.3 Å². The van der Waals surface area contributed by atoms with Crippen LogP contribution in [0.25, 0.3) is 11.5 Å². The molecule has 2 aromatic rings. The van der Waals surface area contributed by atoms with Gasteiger partial charge in [0, 0.05) is 24.7 Å². The standard InChI is InChI=1S/C16H21N3O/c1-12-4-6-13(7-5-12)16-18-15(11-20-16)10-19-8-2-3-14(17)9-19/h4-7,11,14H,2-3,8-10,17H2,1H3/t14-/m1/s1. The summed E-state index contributed by atoms with van der Waals surface area (Å²) in [6.45, 7) is 4.95. The van der Waals surface area contributed by atoms with Gasteiger partial charge >= 0.3 is 0 Å². The smallest absolute Gasteiger partial charge is 0.226 e. The number of hydrogen-bond acceptors (Lipinski definition) is 4. The third-order valence-electron chi connectivity index (χ3n) is 3.78. The molecule has 106 valence electrons. The normalized spacial score (nSPS) is 20.2. The number of aromatic nitrogens is 1. The van der Waals surface area contributed by atoms with Crippen LogP contribution in [-0.4, -0.2) is 29.0 Å². The summed E-state index contributed by atoms with van der Waals surface area (Å²) >= 11 is 0. The Balaban J connectivity index is 1.69. The third-order valence-corrected chi connectivity index (χ3v) is 3.78. The van der Waals surface area contributed by atoms with Crippen molar-refractivity contribution in [2.45, 2.75) is 32.4 Å². The second kappa shape index (κ2) is 5.77. The Labute approximate surface area is 119 Å². The maximum absolute atomic E-state index is 6.00. The highest BCUT2D eigenvalue weighted by Gasteiger charge is 2.18. The fourth-order valence-electron chi connectivity index (χ4n) is 2.67. The molecule has 4 heteroatoms. The SMILES string of the molecule is Cc1ccc(-c2nc(CN3CCC[C@@H](N)C3)co2)cc1. The van der Waals surface area contributed by atoms with Crippen LogP contribution in [0.15, 0.2) is 34.9 Å². The molecule has 0 unspecified atom stereocenters. The summed E-state index contributed by atoms with van der Waals surface area (Å²) in [5.74, 6) is 0.696. The summed E-state index contributed by atoms with van der Waals surface area (Å²) in [5, 5.41) is 0. The Morgan fingerprint density at radius 2 is 2.15 bits per heavy atom. The zero-order valence-electron chi connectivity index (χ0n) is 11.9. The molecule has 1 aromatic carbocycles. The monoisotopic (exact) mass is 271 g/mol. The van der Waals surface area contributed by atoms with Crippen molar-refractivity contribution in [2.24, 2.45) is 5.73 Å². The van der Waals surface area contributed by atoms with Gasteiger partial charge in [-0.15, -0.1) is 0 Å². The van der Waals surface area contributed by atoms with Crippen molar-refractivity contribution < 1.29 is 4.42 Å². The Kier molecular flexibility index (Phi) is 3.85. The number of benzene rings is 1. The van der Waals surface area contributed by atoms with E-state index in [0.29, 0.717) is 11.9 Å². The molecule has 4 nitrogen and oxygen atoms in total. The van der Waals surface area contributed by atoms with E-state index in [1.54, 1.807) is 6.26 Å². The Morgan fingerprint density at radius 1 is 1.35 bits per heavy atom. The summed E-state index contributed by atoms with van der Waals surface area (Å²) in [6.07, 6.45) is 4.06. The van der Waals surface area contributed by atoms with Crippen molar-refractivity contribution in [1.29, 1.82) is 0 Å². The van der Waals surface area contributed by atoms with Crippen molar-refractivity contribution in [2.75, 3.05) is 13.1 Å². The maximum Gasteiger partial charge on any atom is 0.226 e. The van der Waals surface area contributed by atoms with Crippen LogP contribution in [0, 0.1) is 6.92 Å². The van der Waals surface area contributed by atoms with Crippen molar-refractivity contribution in [3.05, 3.63) is 41.8 Å². The summed E-state index contributed by atoms with van der Waals surface area (Å²) in [4.78, 5) is 6.93. The lowest BCUT2D eigenvalue weighted by Gasteiger charge is -2.29. The molecule has 0 saturated carbocycles. The average molecular weight is 271 g/mol. The van der Waals surface area contributed by atoms with E-state index in [1.807, 2.05) is 12.1 Å². The van der Waals surface area contributed by atoms with Gasteiger partial charge in [0.25, 0.3) is 0 Å². The molecular weight excluding hydrogens is 250 g/mol. The summed E-state index contributed by atoms with van der Waals surface area (Å²) in [6, 6.07) is 8.53. The molecule has 20 heavy (non-hydrogen) atoms. The lowest BCUT2D eigenvalue weighted by atomic mass is 10.1. The minimum absolute atomic E-state index is 0.298. The molecule has 0 aliphatic carbocycles. The minimum Gasteiger partial charge on any atom is -0.444 e. The molecule has 1 fully saturated rings. The topological polar surface area (TPSA) is 55.3 Å². The number of nitrogens with two attached hydrogens (primary N) is 1. The molecule has 1 atom stereocenters. The first-order valence-electron chi connectivity index (χ1n) is 7.20. The van der Waals surface area contributed by atoms with Crippen molar-refractivity contribution >= 4 is 0 Å². The van der Waals surface area contributed by atoms with Crippen LogP contribution in [0.3, 0.4) is 0 Å². The van der Waals surface area contributed by atoms with Crippen molar-refractivity contribution in [3.8, 4) is 11.5 Å². The van der Waals surface area contributed by atoms with Crippen LogP contribution in [0.2, 0.25) is 0 Å². The molecule has 0 bridgehead atoms. The van der Waals surface area contributed by atoms with Gasteiger partial charge in [-0.2, -0.15) is 0 Å². The number of piperidine rings is 1. The van der Waals surface area contributed by atoms with E-state index in [1.165, 1.54) is 12.0 Å². The lowest BCUT2D eigenvalue weighted by Crippen LogP contribution is -2.42. The van der Waals surface area contributed by atoms with Gasteiger partial charge in [-0.3, -0.25) is 4.90 Å². The highest BCUT2D eigenvalue weighted by molar-refractivity contribution is 5.53. The second-order valence-corrected chi connectivity index (χ2v) is 5.65. The van der Waals surface area contributed by atoms with Crippen LogP contribution >= 0.6 is 0 Å². The van der Waals surface area contributed by atoms with E-state index in [-0.39, 0.29) is 0 Å². The van der Waals surface area contributed by atoms with Gasteiger partial charge in [0.15, 0.2) is 0 Å². The second-order valence-electron chi connectivity index (χ2n) is 5.65. The van der Waals surface area contributed by atoms with E-state index >= 15 is 0 Å². The zero-order chi connectivity index (χ0) is 13.9. The number of likely N-dealkylation sites (tertiary alicyclic amines) is 1. The molecule has 0 spiro atoms. The molecule has 0 radical (unpaired) electrons. The van der Waals surface area contributed by atoms with Gasteiger partial charge in [0.1, 0.15) is 6.26 Å². The molecule has 1 aromatic heterocycles. The molecule has 1 aliphatic heterocycles. The highest BCUT2D eigenvalue weighted by Crippen LogP contribution is 2.20. The van der Waals surface area contributed by atoms with E-state index in [9.17, 15) is 0 Å². The van der Waals surface area contributed by atoms with Crippen LogP contribution in [0.5, 0.6) is 0 Å². The fourth-order valence-corrected chi connectivity index (χ4v) is 2.67. The molecule has 2 N–H and O–H groups in total. The molecular formula is C16H21N3O. The highest BCUT2D eigenvalue weighted by atomic mass is 16.3. The molecule has 1 aliphatic rings. The fraction of sp³-hybridized carbons (Fsp3) is 0.438. The summed E-state index contributed by atoms with van der Waals surface area (Å²) in [5.41, 5.74) is 9.25. The quantitative estimate of drug-likeness (QED) is 0.932. The maximum atomic E-state index is 6.00. The number of aryl methyl sites for hydroxylation is 1. The molecule has 3 rings (SSSR count). The Bertz CT molecular complexity index is 561. The summed E-state index contributed by atoms with van der Waals surface area (Å²) in [7, 11) is 0. The Hall–Kier alpha value is -1.65.